The van der Waals surface area contributed by atoms with Gasteiger partial charge >= 0.3 is 0 Å². The fraction of sp³-hybridized carbons (Fsp3) is 0.158. The number of hydrogen-bond acceptors (Lipinski definition) is 10. The number of nitrogens with two attached hydrogens (primary N) is 1. The number of anilines is 3. The third-order valence-electron chi connectivity index (χ3n) is 4.21. The molecule has 152 valence electrons. The van der Waals surface area contributed by atoms with Crippen LogP contribution in [0.1, 0.15) is 18.3 Å². The third-order valence-corrected chi connectivity index (χ3v) is 5.12. The molecule has 0 aliphatic heterocycles. The van der Waals surface area contributed by atoms with Crippen LogP contribution in [0.4, 0.5) is 17.6 Å². The lowest BCUT2D eigenvalue weighted by Crippen LogP contribution is -2.07. The van der Waals surface area contributed by atoms with Gasteiger partial charge in [0.15, 0.2) is 0 Å². The molecule has 30 heavy (non-hydrogen) atoms. The first-order chi connectivity index (χ1) is 14.6. The monoisotopic (exact) mass is 421 g/mol. The third kappa shape index (κ3) is 4.46. The molecular weight excluding hydrogens is 402 g/mol. The lowest BCUT2D eigenvalue weighted by molar-refractivity contribution is 0.475. The molecule has 0 spiro atoms. The summed E-state index contributed by atoms with van der Waals surface area (Å²) in [6, 6.07) is 14.6. The number of para-hydroxylation sites is 1. The van der Waals surface area contributed by atoms with Gasteiger partial charge in [0.1, 0.15) is 11.6 Å². The molecule has 2 aromatic heterocycles. The summed E-state index contributed by atoms with van der Waals surface area (Å²) in [6.07, 6.45) is 0.881. The van der Waals surface area contributed by atoms with Crippen LogP contribution in [0.5, 0.6) is 5.75 Å². The molecule has 0 unspecified atom stereocenters. The fourth-order valence-corrected chi connectivity index (χ4v) is 3.53. The van der Waals surface area contributed by atoms with Crippen molar-refractivity contribution in [2.24, 2.45) is 0 Å². The lowest BCUT2D eigenvalue weighted by atomic mass is 10.1. The molecule has 0 amide bonds. The van der Waals surface area contributed by atoms with Crippen LogP contribution in [-0.4, -0.2) is 40.3 Å². The highest BCUT2D eigenvalue weighted by Gasteiger charge is 2.12. The van der Waals surface area contributed by atoms with Gasteiger partial charge in [-0.3, -0.25) is 0 Å². The number of hydrogen-bond donors (Lipinski definition) is 3. The molecule has 0 saturated heterocycles. The molecule has 11 heteroatoms. The molecule has 0 aliphatic rings. The van der Waals surface area contributed by atoms with Gasteiger partial charge in [0.2, 0.25) is 17.1 Å². The standard InChI is InChI=1S/C19H19N9OS/c1-2-12-5-3-4-6-15(12)21-18-23-16(22-17(20)24-18)11-30-19-25-26-27-28(19)13-7-9-14(29)10-8-13/h3-10,29H,2,11H2,1H3,(H3,20,21,22,23,24). The first-order valence-electron chi connectivity index (χ1n) is 9.18. The Morgan fingerprint density at radius 2 is 1.87 bits per heavy atom. The number of aromatic nitrogens is 7. The maximum atomic E-state index is 9.46. The summed E-state index contributed by atoms with van der Waals surface area (Å²) >= 11 is 1.37. The van der Waals surface area contributed by atoms with E-state index in [-0.39, 0.29) is 11.7 Å². The van der Waals surface area contributed by atoms with E-state index in [0.717, 1.165) is 23.4 Å². The van der Waals surface area contributed by atoms with Gasteiger partial charge in [0.05, 0.1) is 11.4 Å². The average Bonchev–Trinajstić information content (AvgIpc) is 3.21. The van der Waals surface area contributed by atoms with Crippen molar-refractivity contribution in [3.05, 3.63) is 59.9 Å². The second kappa shape index (κ2) is 8.74. The fourth-order valence-electron chi connectivity index (χ4n) is 2.78. The average molecular weight is 421 g/mol. The first-order valence-corrected chi connectivity index (χ1v) is 10.2. The highest BCUT2D eigenvalue weighted by atomic mass is 32.2. The lowest BCUT2D eigenvalue weighted by Gasteiger charge is -2.10. The highest BCUT2D eigenvalue weighted by molar-refractivity contribution is 7.98. The van der Waals surface area contributed by atoms with Gasteiger partial charge in [-0.25, -0.2) is 0 Å². The van der Waals surface area contributed by atoms with Crippen molar-refractivity contribution < 1.29 is 5.11 Å². The smallest absolute Gasteiger partial charge is 0.232 e. The van der Waals surface area contributed by atoms with Gasteiger partial charge in [-0.1, -0.05) is 36.9 Å². The number of benzene rings is 2. The van der Waals surface area contributed by atoms with E-state index in [1.54, 1.807) is 28.9 Å². The van der Waals surface area contributed by atoms with Crippen molar-refractivity contribution in [3.8, 4) is 11.4 Å². The molecule has 10 nitrogen and oxygen atoms in total. The molecule has 4 rings (SSSR count). The number of aryl methyl sites for hydroxylation is 1. The minimum atomic E-state index is 0.134. The quantitative estimate of drug-likeness (QED) is 0.381. The zero-order chi connectivity index (χ0) is 20.9. The Labute approximate surface area is 176 Å². The van der Waals surface area contributed by atoms with Crippen molar-refractivity contribution in [2.45, 2.75) is 24.3 Å². The molecule has 0 saturated carbocycles. The number of rotatable bonds is 7. The van der Waals surface area contributed by atoms with Crippen LogP contribution in [0.25, 0.3) is 5.69 Å². The number of nitrogens with zero attached hydrogens (tertiary/aromatic N) is 7. The summed E-state index contributed by atoms with van der Waals surface area (Å²) in [7, 11) is 0. The largest absolute Gasteiger partial charge is 0.508 e. The Hall–Kier alpha value is -3.73. The van der Waals surface area contributed by atoms with E-state index in [1.165, 1.54) is 11.8 Å². The number of aromatic hydroxyl groups is 1. The van der Waals surface area contributed by atoms with Gasteiger partial charge in [-0.05, 0) is 52.7 Å². The Balaban J connectivity index is 1.51. The van der Waals surface area contributed by atoms with Gasteiger partial charge in [0.25, 0.3) is 0 Å². The van der Waals surface area contributed by atoms with Gasteiger partial charge in [0, 0.05) is 5.69 Å². The Kier molecular flexibility index (Phi) is 5.70. The number of nitrogen functional groups attached to an aromatic ring is 1. The van der Waals surface area contributed by atoms with Crippen molar-refractivity contribution >= 4 is 29.3 Å². The molecule has 0 radical (unpaired) electrons. The first kappa shape index (κ1) is 19.6. The van der Waals surface area contributed by atoms with E-state index in [0.29, 0.717) is 22.7 Å². The van der Waals surface area contributed by atoms with Gasteiger partial charge in [-0.2, -0.15) is 19.6 Å². The molecule has 2 heterocycles. The van der Waals surface area contributed by atoms with Gasteiger partial charge in [-0.15, -0.1) is 5.10 Å². The Bertz CT molecular complexity index is 1150. The van der Waals surface area contributed by atoms with Crippen LogP contribution in [0.3, 0.4) is 0 Å². The second-order valence-corrected chi connectivity index (χ2v) is 7.19. The summed E-state index contributed by atoms with van der Waals surface area (Å²) < 4.78 is 1.57. The molecule has 0 aliphatic carbocycles. The summed E-state index contributed by atoms with van der Waals surface area (Å²) in [6.45, 7) is 2.09. The molecule has 2 aromatic carbocycles. The molecule has 0 atom stereocenters. The van der Waals surface area contributed by atoms with Crippen LogP contribution in [0.2, 0.25) is 0 Å². The van der Waals surface area contributed by atoms with E-state index in [4.69, 9.17) is 5.73 Å². The number of phenols is 1. The van der Waals surface area contributed by atoms with Gasteiger partial charge < -0.3 is 16.2 Å². The molecule has 0 bridgehead atoms. The summed E-state index contributed by atoms with van der Waals surface area (Å²) in [5, 5.41) is 25.0. The predicted molar refractivity (Wildman–Crippen MR) is 114 cm³/mol. The number of tetrazole rings is 1. The van der Waals surface area contributed by atoms with Crippen LogP contribution >= 0.6 is 11.8 Å². The SMILES string of the molecule is CCc1ccccc1Nc1nc(N)nc(CSc2nnnn2-c2ccc(O)cc2)n1. The van der Waals surface area contributed by atoms with E-state index in [2.05, 4.69) is 42.7 Å². The van der Waals surface area contributed by atoms with Crippen LogP contribution in [-0.2, 0) is 12.2 Å². The Morgan fingerprint density at radius 1 is 1.07 bits per heavy atom. The summed E-state index contributed by atoms with van der Waals surface area (Å²) in [4.78, 5) is 12.9. The molecule has 4 aromatic rings. The molecular formula is C19H19N9OS. The maximum absolute atomic E-state index is 9.46. The van der Waals surface area contributed by atoms with Crippen LogP contribution in [0, 0.1) is 0 Å². The number of nitrogens with one attached hydrogen (secondary N) is 1. The van der Waals surface area contributed by atoms with Crippen molar-refractivity contribution in [3.63, 3.8) is 0 Å². The number of thioether (sulfide) groups is 1. The minimum absolute atomic E-state index is 0.134. The van der Waals surface area contributed by atoms with E-state index < -0.39 is 0 Å². The number of phenolic OH excluding ortho intramolecular Hbond substituents is 1. The van der Waals surface area contributed by atoms with Crippen LogP contribution < -0.4 is 11.1 Å². The Morgan fingerprint density at radius 3 is 2.67 bits per heavy atom. The molecule has 4 N–H and O–H groups in total. The van der Waals surface area contributed by atoms with Crippen molar-refractivity contribution in [1.29, 1.82) is 0 Å². The second-order valence-electron chi connectivity index (χ2n) is 6.25. The maximum Gasteiger partial charge on any atom is 0.232 e. The predicted octanol–water partition coefficient (Wildman–Crippen LogP) is 2.73. The van der Waals surface area contributed by atoms with Crippen molar-refractivity contribution in [2.75, 3.05) is 11.1 Å². The van der Waals surface area contributed by atoms with E-state index in [1.807, 2.05) is 24.3 Å². The normalized spacial score (nSPS) is 10.8. The summed E-state index contributed by atoms with van der Waals surface area (Å²) in [5.41, 5.74) is 8.70. The van der Waals surface area contributed by atoms with Crippen molar-refractivity contribution in [1.82, 2.24) is 35.2 Å². The summed E-state index contributed by atoms with van der Waals surface area (Å²) in [5.74, 6) is 1.60. The van der Waals surface area contributed by atoms with Crippen LogP contribution in [0.15, 0.2) is 53.7 Å². The zero-order valence-corrected chi connectivity index (χ0v) is 16.9. The highest BCUT2D eigenvalue weighted by Crippen LogP contribution is 2.24. The topological polar surface area (TPSA) is 141 Å². The minimum Gasteiger partial charge on any atom is -0.508 e. The molecule has 0 fully saturated rings. The van der Waals surface area contributed by atoms with E-state index >= 15 is 0 Å². The zero-order valence-electron chi connectivity index (χ0n) is 16.1. The van der Waals surface area contributed by atoms with E-state index in [9.17, 15) is 5.11 Å².